The van der Waals surface area contributed by atoms with Gasteiger partial charge in [0.1, 0.15) is 5.79 Å². The van der Waals surface area contributed by atoms with Crippen LogP contribution in [0.2, 0.25) is 0 Å². The molecule has 0 amide bonds. The van der Waals surface area contributed by atoms with E-state index in [1.54, 1.807) is 0 Å². The molecule has 0 aromatic carbocycles. The summed E-state index contributed by atoms with van der Waals surface area (Å²) < 4.78 is 0. The fraction of sp³-hybridized carbons (Fsp3) is 1.00. The highest BCUT2D eigenvalue weighted by molar-refractivity contribution is 4.83. The molecule has 1 atom stereocenters. The highest BCUT2D eigenvalue weighted by atomic mass is 15.4. The van der Waals surface area contributed by atoms with E-state index in [-0.39, 0.29) is 5.79 Å². The minimum atomic E-state index is -0.301. The summed E-state index contributed by atoms with van der Waals surface area (Å²) in [5, 5.41) is 3.75. The van der Waals surface area contributed by atoms with Crippen molar-refractivity contribution in [3.8, 4) is 0 Å². The third-order valence-corrected chi connectivity index (χ3v) is 5.00. The summed E-state index contributed by atoms with van der Waals surface area (Å²) in [5.41, 5.74) is 6.94. The molecule has 0 heterocycles. The zero-order valence-electron chi connectivity index (χ0n) is 17.3. The number of hydrogen-bond acceptors (Lipinski definition) is 3. The van der Waals surface area contributed by atoms with E-state index in [4.69, 9.17) is 5.73 Å². The average Bonchev–Trinajstić information content (AvgIpc) is 2.58. The zero-order valence-corrected chi connectivity index (χ0v) is 17.3. The van der Waals surface area contributed by atoms with Gasteiger partial charge in [-0.05, 0) is 38.6 Å². The second-order valence-corrected chi connectivity index (χ2v) is 7.42. The van der Waals surface area contributed by atoms with Crippen molar-refractivity contribution in [2.45, 2.75) is 117 Å². The molecule has 0 spiro atoms. The Balaban J connectivity index is 4.75. The molecule has 0 aromatic heterocycles. The quantitative estimate of drug-likeness (QED) is 0.250. The van der Waals surface area contributed by atoms with Gasteiger partial charge >= 0.3 is 0 Å². The number of unbranched alkanes of at least 4 members (excludes halogenated alkanes) is 8. The maximum Gasteiger partial charge on any atom is 0.123 e. The van der Waals surface area contributed by atoms with Gasteiger partial charge in [-0.3, -0.25) is 10.2 Å². The van der Waals surface area contributed by atoms with Crippen molar-refractivity contribution >= 4 is 0 Å². The number of rotatable bonds is 18. The van der Waals surface area contributed by atoms with Gasteiger partial charge < -0.3 is 5.73 Å². The van der Waals surface area contributed by atoms with Gasteiger partial charge in [-0.15, -0.1) is 0 Å². The minimum Gasteiger partial charge on any atom is -0.301 e. The minimum absolute atomic E-state index is 0.301. The van der Waals surface area contributed by atoms with E-state index >= 15 is 0 Å². The molecule has 0 aliphatic rings. The van der Waals surface area contributed by atoms with Crippen LogP contribution < -0.4 is 11.1 Å². The van der Waals surface area contributed by atoms with Crippen molar-refractivity contribution < 1.29 is 0 Å². The maximum absolute atomic E-state index is 6.94. The Labute approximate surface area is 153 Å². The molecule has 0 saturated carbocycles. The Bertz CT molecular complexity index is 247. The molecule has 0 aliphatic heterocycles. The molecular weight excluding hydrogens is 294 g/mol. The van der Waals surface area contributed by atoms with E-state index in [1.165, 1.54) is 77.0 Å². The molecule has 0 bridgehead atoms. The fourth-order valence-electron chi connectivity index (χ4n) is 3.30. The van der Waals surface area contributed by atoms with Crippen molar-refractivity contribution in [3.63, 3.8) is 0 Å². The summed E-state index contributed by atoms with van der Waals surface area (Å²) in [6.07, 6.45) is 16.4. The fourth-order valence-corrected chi connectivity index (χ4v) is 3.30. The third-order valence-electron chi connectivity index (χ3n) is 5.00. The van der Waals surface area contributed by atoms with Gasteiger partial charge in [-0.2, -0.15) is 0 Å². The molecule has 24 heavy (non-hydrogen) atoms. The molecule has 146 valence electrons. The predicted octanol–water partition coefficient (Wildman–Crippen LogP) is 5.64. The van der Waals surface area contributed by atoms with Crippen LogP contribution in [0.25, 0.3) is 0 Å². The molecule has 1 unspecified atom stereocenters. The smallest absolute Gasteiger partial charge is 0.123 e. The largest absolute Gasteiger partial charge is 0.301 e. The van der Waals surface area contributed by atoms with Gasteiger partial charge in [0.25, 0.3) is 0 Å². The molecule has 3 heteroatoms. The first-order chi connectivity index (χ1) is 11.6. The van der Waals surface area contributed by atoms with Gasteiger partial charge in [-0.25, -0.2) is 0 Å². The van der Waals surface area contributed by atoms with Crippen molar-refractivity contribution in [2.24, 2.45) is 5.73 Å². The number of nitrogens with two attached hydrogens (primary N) is 1. The van der Waals surface area contributed by atoms with Crippen LogP contribution in [0.1, 0.15) is 111 Å². The summed E-state index contributed by atoms with van der Waals surface area (Å²) in [7, 11) is 0. The van der Waals surface area contributed by atoms with Crippen molar-refractivity contribution in [1.29, 1.82) is 0 Å². The van der Waals surface area contributed by atoms with E-state index in [0.717, 1.165) is 26.1 Å². The van der Waals surface area contributed by atoms with Crippen LogP contribution in [0, 0.1) is 0 Å². The standard InChI is InChI=1S/C21H47N3/c1-5-9-13-17-21(22,23-18-14-10-6-2)24(19-15-11-7-3)20-16-12-8-4/h23H,5-20,22H2,1-4H3. The van der Waals surface area contributed by atoms with Crippen molar-refractivity contribution in [3.05, 3.63) is 0 Å². The summed E-state index contributed by atoms with van der Waals surface area (Å²) in [5.74, 6) is -0.301. The Kier molecular flexibility index (Phi) is 16.3. The molecule has 0 fully saturated rings. The van der Waals surface area contributed by atoms with Gasteiger partial charge in [0.05, 0.1) is 0 Å². The Hall–Kier alpha value is -0.120. The second-order valence-electron chi connectivity index (χ2n) is 7.42. The summed E-state index contributed by atoms with van der Waals surface area (Å²) in [6, 6.07) is 0. The van der Waals surface area contributed by atoms with E-state index in [1.807, 2.05) is 0 Å². The highest BCUT2D eigenvalue weighted by Crippen LogP contribution is 2.18. The van der Waals surface area contributed by atoms with E-state index in [9.17, 15) is 0 Å². The van der Waals surface area contributed by atoms with Crippen molar-refractivity contribution in [2.75, 3.05) is 19.6 Å². The molecule has 0 aromatic rings. The van der Waals surface area contributed by atoms with Gasteiger partial charge in [0, 0.05) is 13.1 Å². The molecule has 0 saturated heterocycles. The Morgan fingerprint density at radius 2 is 1.12 bits per heavy atom. The molecular formula is C21H47N3. The zero-order chi connectivity index (χ0) is 18.1. The van der Waals surface area contributed by atoms with Crippen LogP contribution >= 0.6 is 0 Å². The molecule has 3 nitrogen and oxygen atoms in total. The topological polar surface area (TPSA) is 41.3 Å². The monoisotopic (exact) mass is 341 g/mol. The predicted molar refractivity (Wildman–Crippen MR) is 109 cm³/mol. The maximum atomic E-state index is 6.94. The van der Waals surface area contributed by atoms with Gasteiger partial charge in [-0.1, -0.05) is 79.1 Å². The van der Waals surface area contributed by atoms with Crippen LogP contribution in [-0.4, -0.2) is 30.3 Å². The SMILES string of the molecule is CCCCCNC(N)(CCCCC)N(CCCCC)CCCCC. The lowest BCUT2D eigenvalue weighted by Gasteiger charge is -2.42. The van der Waals surface area contributed by atoms with Crippen LogP contribution in [0.15, 0.2) is 0 Å². The van der Waals surface area contributed by atoms with Gasteiger partial charge in [0.2, 0.25) is 0 Å². The number of nitrogens with zero attached hydrogens (tertiary/aromatic N) is 1. The summed E-state index contributed by atoms with van der Waals surface area (Å²) in [4.78, 5) is 2.57. The normalized spacial score (nSPS) is 14.2. The first-order valence-electron chi connectivity index (χ1n) is 10.9. The lowest BCUT2D eigenvalue weighted by atomic mass is 10.1. The Morgan fingerprint density at radius 3 is 1.62 bits per heavy atom. The third kappa shape index (κ3) is 11.4. The summed E-state index contributed by atoms with van der Waals surface area (Å²) >= 11 is 0. The van der Waals surface area contributed by atoms with Crippen LogP contribution in [0.3, 0.4) is 0 Å². The second kappa shape index (κ2) is 16.4. The lowest BCUT2D eigenvalue weighted by molar-refractivity contribution is 0.0440. The molecule has 0 aliphatic carbocycles. The van der Waals surface area contributed by atoms with E-state index in [0.29, 0.717) is 0 Å². The molecule has 0 rings (SSSR count). The first kappa shape index (κ1) is 23.9. The van der Waals surface area contributed by atoms with E-state index in [2.05, 4.69) is 37.9 Å². The van der Waals surface area contributed by atoms with Gasteiger partial charge in [0.15, 0.2) is 0 Å². The van der Waals surface area contributed by atoms with Crippen LogP contribution in [0.5, 0.6) is 0 Å². The number of hydrogen-bond donors (Lipinski definition) is 2. The van der Waals surface area contributed by atoms with Crippen LogP contribution in [0.4, 0.5) is 0 Å². The Morgan fingerprint density at radius 1 is 0.667 bits per heavy atom. The van der Waals surface area contributed by atoms with Crippen LogP contribution in [-0.2, 0) is 0 Å². The van der Waals surface area contributed by atoms with Crippen molar-refractivity contribution in [1.82, 2.24) is 10.2 Å². The average molecular weight is 342 g/mol. The highest BCUT2D eigenvalue weighted by Gasteiger charge is 2.30. The lowest BCUT2D eigenvalue weighted by Crippen LogP contribution is -2.66. The molecule has 0 radical (unpaired) electrons. The number of nitrogens with one attached hydrogen (secondary N) is 1. The first-order valence-corrected chi connectivity index (χ1v) is 10.9. The molecule has 3 N–H and O–H groups in total. The summed E-state index contributed by atoms with van der Waals surface area (Å²) in [6.45, 7) is 12.4. The van der Waals surface area contributed by atoms with E-state index < -0.39 is 0 Å².